The van der Waals surface area contributed by atoms with Gasteiger partial charge in [0.25, 0.3) is 0 Å². The summed E-state index contributed by atoms with van der Waals surface area (Å²) in [6.07, 6.45) is 1.11. The number of benzene rings is 2. The topological polar surface area (TPSA) is 61.7 Å². The monoisotopic (exact) mass is 314 g/mol. The van der Waals surface area contributed by atoms with Gasteiger partial charge in [-0.05, 0) is 48.4 Å². The van der Waals surface area contributed by atoms with Crippen molar-refractivity contribution < 1.29 is 9.90 Å². The molecule has 1 amide bonds. The lowest BCUT2D eigenvalue weighted by Crippen LogP contribution is -2.12. The molecule has 0 aromatic heterocycles. The van der Waals surface area contributed by atoms with Crippen LogP contribution in [0.1, 0.15) is 30.1 Å². The lowest BCUT2D eigenvalue weighted by molar-refractivity contribution is -0.115. The van der Waals surface area contributed by atoms with Gasteiger partial charge in [-0.15, -0.1) is 0 Å². The first kappa shape index (κ1) is 14.8. The van der Waals surface area contributed by atoms with E-state index >= 15 is 0 Å². The molecule has 2 atom stereocenters. The molecule has 1 aliphatic rings. The SMILES string of the molecule is CC(O)c1ccc(N=CC2C(=O)Nc3ccc(Cl)cc32)cc1. The van der Waals surface area contributed by atoms with Crippen molar-refractivity contribution in [2.75, 3.05) is 5.32 Å². The maximum absolute atomic E-state index is 12.0. The summed E-state index contributed by atoms with van der Waals surface area (Å²) in [6, 6.07) is 12.6. The van der Waals surface area contributed by atoms with Gasteiger partial charge in [-0.25, -0.2) is 0 Å². The van der Waals surface area contributed by atoms with Gasteiger partial charge in [-0.1, -0.05) is 23.7 Å². The molecule has 0 spiro atoms. The second-order valence-electron chi connectivity index (χ2n) is 5.24. The Balaban J connectivity index is 1.84. The zero-order chi connectivity index (χ0) is 15.7. The summed E-state index contributed by atoms with van der Waals surface area (Å²) < 4.78 is 0. The van der Waals surface area contributed by atoms with Crippen LogP contribution in [-0.2, 0) is 4.79 Å². The highest BCUT2D eigenvalue weighted by atomic mass is 35.5. The number of nitrogens with zero attached hydrogens (tertiary/aromatic N) is 1. The van der Waals surface area contributed by atoms with Crippen molar-refractivity contribution in [3.63, 3.8) is 0 Å². The van der Waals surface area contributed by atoms with Crippen molar-refractivity contribution in [2.24, 2.45) is 4.99 Å². The molecule has 1 heterocycles. The maximum Gasteiger partial charge on any atom is 0.237 e. The highest BCUT2D eigenvalue weighted by Crippen LogP contribution is 2.33. The Morgan fingerprint density at radius 3 is 2.68 bits per heavy atom. The van der Waals surface area contributed by atoms with Gasteiger partial charge in [0.15, 0.2) is 0 Å². The van der Waals surface area contributed by atoms with Crippen molar-refractivity contribution >= 4 is 35.1 Å². The third kappa shape index (κ3) is 2.89. The molecule has 4 nitrogen and oxygen atoms in total. The molecule has 0 bridgehead atoms. The molecule has 2 aromatic carbocycles. The molecular weight excluding hydrogens is 300 g/mol. The van der Waals surface area contributed by atoms with Crippen molar-refractivity contribution in [1.82, 2.24) is 0 Å². The third-order valence-corrected chi connectivity index (χ3v) is 3.87. The van der Waals surface area contributed by atoms with Crippen LogP contribution in [0.25, 0.3) is 0 Å². The summed E-state index contributed by atoms with van der Waals surface area (Å²) in [5, 5.41) is 12.9. The summed E-state index contributed by atoms with van der Waals surface area (Å²) in [7, 11) is 0. The van der Waals surface area contributed by atoms with Gasteiger partial charge >= 0.3 is 0 Å². The number of anilines is 1. The molecule has 3 rings (SSSR count). The zero-order valence-electron chi connectivity index (χ0n) is 12.0. The smallest absolute Gasteiger partial charge is 0.237 e. The van der Waals surface area contributed by atoms with E-state index in [1.165, 1.54) is 0 Å². The number of aliphatic imine (C=N–C) groups is 1. The largest absolute Gasteiger partial charge is 0.389 e. The minimum atomic E-state index is -0.507. The fourth-order valence-electron chi connectivity index (χ4n) is 2.40. The van der Waals surface area contributed by atoms with Crippen LogP contribution < -0.4 is 5.32 Å². The number of hydrogen-bond donors (Lipinski definition) is 2. The first-order chi connectivity index (χ1) is 10.5. The molecule has 5 heteroatoms. The summed E-state index contributed by atoms with van der Waals surface area (Å²) in [5.41, 5.74) is 3.17. The Bertz CT molecular complexity index is 739. The predicted octanol–water partition coefficient (Wildman–Crippen LogP) is 3.83. The van der Waals surface area contributed by atoms with Gasteiger partial charge in [0.1, 0.15) is 5.92 Å². The molecule has 22 heavy (non-hydrogen) atoms. The number of amides is 1. The molecule has 2 aromatic rings. The maximum atomic E-state index is 12.0. The van der Waals surface area contributed by atoms with Gasteiger partial charge in [-0.3, -0.25) is 9.79 Å². The van der Waals surface area contributed by atoms with Crippen LogP contribution in [0.15, 0.2) is 47.5 Å². The second-order valence-corrected chi connectivity index (χ2v) is 5.68. The molecular formula is C17H15ClN2O2. The number of hydrogen-bond acceptors (Lipinski definition) is 3. The van der Waals surface area contributed by atoms with Crippen LogP contribution in [0.3, 0.4) is 0 Å². The summed E-state index contributed by atoms with van der Waals surface area (Å²) in [5.74, 6) is -0.549. The van der Waals surface area contributed by atoms with E-state index < -0.39 is 12.0 Å². The Hall–Kier alpha value is -2.17. The quantitative estimate of drug-likeness (QED) is 0.846. The standard InChI is InChI=1S/C17H15ClN2O2/c1-10(21)11-2-5-13(6-3-11)19-9-15-14-8-12(18)4-7-16(14)20-17(15)22/h2-10,15,21H,1H3,(H,20,22). The fourth-order valence-corrected chi connectivity index (χ4v) is 2.58. The van der Waals surface area contributed by atoms with E-state index in [1.807, 2.05) is 24.3 Å². The molecule has 2 N–H and O–H groups in total. The highest BCUT2D eigenvalue weighted by Gasteiger charge is 2.29. The second kappa shape index (κ2) is 5.91. The van der Waals surface area contributed by atoms with E-state index in [1.54, 1.807) is 31.3 Å². The van der Waals surface area contributed by atoms with Crippen LogP contribution in [0.5, 0.6) is 0 Å². The molecule has 0 aliphatic carbocycles. The first-order valence-electron chi connectivity index (χ1n) is 6.97. The molecule has 0 radical (unpaired) electrons. The van der Waals surface area contributed by atoms with Gasteiger partial charge in [0, 0.05) is 16.9 Å². The van der Waals surface area contributed by atoms with Crippen molar-refractivity contribution in [3.8, 4) is 0 Å². The number of nitrogens with one attached hydrogen (secondary N) is 1. The van der Waals surface area contributed by atoms with Gasteiger partial charge in [-0.2, -0.15) is 0 Å². The van der Waals surface area contributed by atoms with Crippen molar-refractivity contribution in [3.05, 3.63) is 58.6 Å². The van der Waals surface area contributed by atoms with Gasteiger partial charge < -0.3 is 10.4 Å². The lowest BCUT2D eigenvalue weighted by atomic mass is 10.0. The minimum absolute atomic E-state index is 0.110. The molecule has 2 unspecified atom stereocenters. The fraction of sp³-hybridized carbons (Fsp3) is 0.176. The number of carbonyl (C=O) groups is 1. The third-order valence-electron chi connectivity index (χ3n) is 3.64. The van der Waals surface area contributed by atoms with Gasteiger partial charge in [0.05, 0.1) is 11.8 Å². The van der Waals surface area contributed by atoms with Crippen molar-refractivity contribution in [2.45, 2.75) is 18.9 Å². The Labute approximate surface area is 133 Å². The Morgan fingerprint density at radius 1 is 1.27 bits per heavy atom. The highest BCUT2D eigenvalue weighted by molar-refractivity contribution is 6.31. The normalized spacial score (nSPS) is 18.3. The molecule has 112 valence electrons. The number of carbonyl (C=O) groups excluding carboxylic acids is 1. The van der Waals surface area contributed by atoms with Crippen LogP contribution in [0.4, 0.5) is 11.4 Å². The summed E-state index contributed by atoms with van der Waals surface area (Å²) in [4.78, 5) is 16.4. The lowest BCUT2D eigenvalue weighted by Gasteiger charge is -2.05. The molecule has 0 fully saturated rings. The molecule has 0 saturated carbocycles. The first-order valence-corrected chi connectivity index (χ1v) is 7.35. The molecule has 1 aliphatic heterocycles. The van der Waals surface area contributed by atoms with E-state index in [2.05, 4.69) is 10.3 Å². The van der Waals surface area contributed by atoms with Crippen LogP contribution in [-0.4, -0.2) is 17.2 Å². The van der Waals surface area contributed by atoms with E-state index in [0.29, 0.717) is 5.02 Å². The summed E-state index contributed by atoms with van der Waals surface area (Å²) in [6.45, 7) is 1.71. The minimum Gasteiger partial charge on any atom is -0.389 e. The zero-order valence-corrected chi connectivity index (χ0v) is 12.7. The number of halogens is 1. The van der Waals surface area contributed by atoms with E-state index in [0.717, 1.165) is 22.5 Å². The Morgan fingerprint density at radius 2 is 2.00 bits per heavy atom. The van der Waals surface area contributed by atoms with E-state index in [4.69, 9.17) is 11.6 Å². The Kier molecular flexibility index (Phi) is 3.96. The van der Waals surface area contributed by atoms with Crippen LogP contribution >= 0.6 is 11.6 Å². The number of rotatable bonds is 3. The number of aliphatic hydroxyl groups excluding tert-OH is 1. The van der Waals surface area contributed by atoms with Crippen molar-refractivity contribution in [1.29, 1.82) is 0 Å². The summed E-state index contributed by atoms with van der Waals surface area (Å²) >= 11 is 5.99. The predicted molar refractivity (Wildman–Crippen MR) is 88.1 cm³/mol. The number of fused-ring (bicyclic) bond motifs is 1. The molecule has 0 saturated heterocycles. The van der Waals surface area contributed by atoms with Crippen LogP contribution in [0, 0.1) is 0 Å². The number of aliphatic hydroxyl groups is 1. The van der Waals surface area contributed by atoms with Gasteiger partial charge in [0.2, 0.25) is 5.91 Å². The van der Waals surface area contributed by atoms with E-state index in [9.17, 15) is 9.90 Å². The average Bonchev–Trinajstić information content (AvgIpc) is 2.80. The van der Waals surface area contributed by atoms with Crippen LogP contribution in [0.2, 0.25) is 5.02 Å². The average molecular weight is 315 g/mol. The van der Waals surface area contributed by atoms with E-state index in [-0.39, 0.29) is 5.91 Å².